The highest BCUT2D eigenvalue weighted by Gasteiger charge is 2.47. The van der Waals surface area contributed by atoms with Crippen LogP contribution in [0.3, 0.4) is 0 Å². The number of aliphatic hydroxyl groups is 1. The Labute approximate surface area is 191 Å². The summed E-state index contributed by atoms with van der Waals surface area (Å²) in [5, 5.41) is 11.2. The Morgan fingerprint density at radius 1 is 1.12 bits per heavy atom. The number of anilines is 1. The molecule has 1 atom stereocenters. The number of halogens is 1. The lowest BCUT2D eigenvalue weighted by Crippen LogP contribution is -2.29. The van der Waals surface area contributed by atoms with Gasteiger partial charge in [0.2, 0.25) is 0 Å². The minimum absolute atomic E-state index is 0.0710. The van der Waals surface area contributed by atoms with E-state index in [-0.39, 0.29) is 11.3 Å². The van der Waals surface area contributed by atoms with Gasteiger partial charge in [0, 0.05) is 23.6 Å². The number of ether oxygens (including phenoxy) is 1. The average molecular weight is 446 g/mol. The monoisotopic (exact) mass is 446 g/mol. The molecule has 7 heteroatoms. The molecular formula is C26H23FN2O4. The Morgan fingerprint density at radius 2 is 1.88 bits per heavy atom. The molecule has 1 amide bonds. The van der Waals surface area contributed by atoms with Gasteiger partial charge in [-0.2, -0.15) is 0 Å². The van der Waals surface area contributed by atoms with E-state index < -0.39 is 23.5 Å². The first-order valence-electron chi connectivity index (χ1n) is 10.6. The van der Waals surface area contributed by atoms with Gasteiger partial charge in [0.25, 0.3) is 11.7 Å². The fourth-order valence-corrected chi connectivity index (χ4v) is 3.71. The average Bonchev–Trinajstić information content (AvgIpc) is 3.09. The molecule has 6 nitrogen and oxygen atoms in total. The van der Waals surface area contributed by atoms with Crippen LogP contribution in [0.2, 0.25) is 0 Å². The van der Waals surface area contributed by atoms with E-state index in [2.05, 4.69) is 4.98 Å². The molecule has 2 heterocycles. The fourth-order valence-electron chi connectivity index (χ4n) is 3.71. The minimum atomic E-state index is -0.926. The zero-order chi connectivity index (χ0) is 23.5. The Morgan fingerprint density at radius 3 is 2.55 bits per heavy atom. The molecule has 1 aliphatic rings. The molecule has 4 rings (SSSR count). The predicted octanol–water partition coefficient (Wildman–Crippen LogP) is 4.88. The van der Waals surface area contributed by atoms with Crippen LogP contribution in [0.1, 0.15) is 31.0 Å². The van der Waals surface area contributed by atoms with E-state index in [1.807, 2.05) is 13.8 Å². The molecule has 0 bridgehead atoms. The summed E-state index contributed by atoms with van der Waals surface area (Å²) >= 11 is 0. The van der Waals surface area contributed by atoms with Gasteiger partial charge >= 0.3 is 0 Å². The van der Waals surface area contributed by atoms with Gasteiger partial charge in [0.15, 0.2) is 0 Å². The maximum absolute atomic E-state index is 13.5. The molecule has 1 aromatic heterocycles. The standard InChI is InChI=1S/C26H23FN2O4/c1-16(2)15-33-21-7-3-5-17(13-21)24(30)22-23(18-6-4-12-28-14-18)29(26(32)25(22)31)20-10-8-19(27)9-11-20/h3-14,16,23,30H,15H2,1-2H3/b24-22-. The SMILES string of the molecule is CC(C)COc1cccc(/C(O)=C2/C(=O)C(=O)N(c3ccc(F)cc3)C2c2cccnc2)c1. The summed E-state index contributed by atoms with van der Waals surface area (Å²) in [5.74, 6) is -1.58. The van der Waals surface area contributed by atoms with E-state index in [0.29, 0.717) is 35.1 Å². The second-order valence-corrected chi connectivity index (χ2v) is 8.16. The number of ketones is 1. The van der Waals surface area contributed by atoms with Gasteiger partial charge in [0.1, 0.15) is 17.3 Å². The van der Waals surface area contributed by atoms with Crippen LogP contribution < -0.4 is 9.64 Å². The largest absolute Gasteiger partial charge is 0.507 e. The van der Waals surface area contributed by atoms with E-state index in [9.17, 15) is 19.1 Å². The van der Waals surface area contributed by atoms with Crippen molar-refractivity contribution in [3.63, 3.8) is 0 Å². The normalized spacial score (nSPS) is 17.6. The minimum Gasteiger partial charge on any atom is -0.507 e. The van der Waals surface area contributed by atoms with Gasteiger partial charge < -0.3 is 9.84 Å². The number of amides is 1. The number of aliphatic hydroxyl groups excluding tert-OH is 1. The Bertz CT molecular complexity index is 1210. The van der Waals surface area contributed by atoms with Crippen LogP contribution >= 0.6 is 0 Å². The molecule has 1 saturated heterocycles. The molecule has 2 aromatic carbocycles. The Hall–Kier alpha value is -4.00. The van der Waals surface area contributed by atoms with Crippen LogP contribution in [0.4, 0.5) is 10.1 Å². The van der Waals surface area contributed by atoms with Gasteiger partial charge in [-0.1, -0.05) is 32.0 Å². The van der Waals surface area contributed by atoms with Crippen molar-refractivity contribution in [2.45, 2.75) is 19.9 Å². The van der Waals surface area contributed by atoms with Crippen molar-refractivity contribution in [1.29, 1.82) is 0 Å². The number of hydrogen-bond acceptors (Lipinski definition) is 5. The highest BCUT2D eigenvalue weighted by molar-refractivity contribution is 6.51. The van der Waals surface area contributed by atoms with Gasteiger partial charge in [-0.25, -0.2) is 4.39 Å². The van der Waals surface area contributed by atoms with Gasteiger partial charge in [-0.3, -0.25) is 19.5 Å². The fraction of sp³-hybridized carbons (Fsp3) is 0.192. The summed E-state index contributed by atoms with van der Waals surface area (Å²) in [5.41, 5.74) is 1.15. The van der Waals surface area contributed by atoms with Crippen LogP contribution in [-0.2, 0) is 9.59 Å². The number of benzene rings is 2. The molecule has 1 N–H and O–H groups in total. The highest BCUT2D eigenvalue weighted by Crippen LogP contribution is 2.42. The van der Waals surface area contributed by atoms with Gasteiger partial charge in [0.05, 0.1) is 18.2 Å². The number of aromatic nitrogens is 1. The number of carbonyl (C=O) groups is 2. The number of rotatable bonds is 6. The Kier molecular flexibility index (Phi) is 6.22. The second kappa shape index (κ2) is 9.24. The van der Waals surface area contributed by atoms with E-state index in [0.717, 1.165) is 0 Å². The van der Waals surface area contributed by atoms with E-state index in [1.165, 1.54) is 35.4 Å². The maximum Gasteiger partial charge on any atom is 0.300 e. The smallest absolute Gasteiger partial charge is 0.300 e. The molecule has 0 radical (unpaired) electrons. The highest BCUT2D eigenvalue weighted by atomic mass is 19.1. The van der Waals surface area contributed by atoms with Gasteiger partial charge in [-0.05, 0) is 53.9 Å². The van der Waals surface area contributed by atoms with Crippen LogP contribution in [0.15, 0.2) is 78.6 Å². The molecule has 0 aliphatic carbocycles. The molecule has 0 spiro atoms. The van der Waals surface area contributed by atoms with E-state index in [1.54, 1.807) is 42.6 Å². The summed E-state index contributed by atoms with van der Waals surface area (Å²) in [6.45, 7) is 4.54. The first-order valence-corrected chi connectivity index (χ1v) is 10.6. The molecule has 33 heavy (non-hydrogen) atoms. The molecule has 168 valence electrons. The number of pyridine rings is 1. The van der Waals surface area contributed by atoms with Crippen molar-refractivity contribution in [2.24, 2.45) is 5.92 Å². The Balaban J connectivity index is 1.84. The summed E-state index contributed by atoms with van der Waals surface area (Å²) < 4.78 is 19.2. The van der Waals surface area contributed by atoms with Crippen molar-refractivity contribution >= 4 is 23.1 Å². The van der Waals surface area contributed by atoms with Crippen molar-refractivity contribution in [1.82, 2.24) is 4.98 Å². The zero-order valence-electron chi connectivity index (χ0n) is 18.2. The van der Waals surface area contributed by atoms with Crippen LogP contribution in [0.5, 0.6) is 5.75 Å². The first-order chi connectivity index (χ1) is 15.9. The summed E-state index contributed by atoms with van der Waals surface area (Å²) in [7, 11) is 0. The lowest BCUT2D eigenvalue weighted by molar-refractivity contribution is -0.132. The quantitative estimate of drug-likeness (QED) is 0.332. The third-order valence-electron chi connectivity index (χ3n) is 5.24. The first kappa shape index (κ1) is 22.2. The van der Waals surface area contributed by atoms with Crippen molar-refractivity contribution in [3.8, 4) is 5.75 Å². The van der Waals surface area contributed by atoms with Gasteiger partial charge in [-0.15, -0.1) is 0 Å². The lowest BCUT2D eigenvalue weighted by Gasteiger charge is -2.25. The molecular weight excluding hydrogens is 423 g/mol. The van der Waals surface area contributed by atoms with E-state index >= 15 is 0 Å². The molecule has 3 aromatic rings. The summed E-state index contributed by atoms with van der Waals surface area (Å²) in [6.07, 6.45) is 3.10. The van der Waals surface area contributed by atoms with Crippen molar-refractivity contribution in [3.05, 3.63) is 95.6 Å². The molecule has 0 saturated carbocycles. The third-order valence-corrected chi connectivity index (χ3v) is 5.24. The molecule has 1 aliphatic heterocycles. The summed E-state index contributed by atoms with van der Waals surface area (Å²) in [4.78, 5) is 31.5. The number of nitrogens with zero attached hydrogens (tertiary/aromatic N) is 2. The predicted molar refractivity (Wildman–Crippen MR) is 122 cm³/mol. The number of hydrogen-bond donors (Lipinski definition) is 1. The van der Waals surface area contributed by atoms with Crippen LogP contribution in [-0.4, -0.2) is 28.4 Å². The van der Waals surface area contributed by atoms with Crippen molar-refractivity contribution < 1.29 is 23.8 Å². The zero-order valence-corrected chi connectivity index (χ0v) is 18.2. The van der Waals surface area contributed by atoms with Crippen LogP contribution in [0, 0.1) is 11.7 Å². The molecule has 1 fully saturated rings. The van der Waals surface area contributed by atoms with E-state index in [4.69, 9.17) is 4.74 Å². The second-order valence-electron chi connectivity index (χ2n) is 8.16. The molecule has 1 unspecified atom stereocenters. The maximum atomic E-state index is 13.5. The van der Waals surface area contributed by atoms with Crippen molar-refractivity contribution in [2.75, 3.05) is 11.5 Å². The summed E-state index contributed by atoms with van der Waals surface area (Å²) in [6, 6.07) is 14.5. The van der Waals surface area contributed by atoms with Crippen LogP contribution in [0.25, 0.3) is 5.76 Å². The number of carbonyl (C=O) groups excluding carboxylic acids is 2. The topological polar surface area (TPSA) is 79.7 Å². The lowest BCUT2D eigenvalue weighted by atomic mass is 9.96. The third kappa shape index (κ3) is 4.48. The number of Topliss-reactive ketones (excluding diaryl/α,β-unsaturated/α-hetero) is 1.